The Morgan fingerprint density at radius 2 is 1.32 bits per heavy atom. The van der Waals surface area contributed by atoms with Crippen LogP contribution in [0.4, 0.5) is 4.79 Å². The molecule has 3 saturated heterocycles. The van der Waals surface area contributed by atoms with E-state index >= 15 is 0 Å². The molecule has 0 saturated carbocycles. The molecule has 3 fully saturated rings. The van der Waals surface area contributed by atoms with Crippen LogP contribution in [0.5, 0.6) is 0 Å². The summed E-state index contributed by atoms with van der Waals surface area (Å²) in [6, 6.07) is 33.6. The zero-order valence-corrected chi connectivity index (χ0v) is 34.1. The number of rotatable bonds is 12. The van der Waals surface area contributed by atoms with Crippen molar-refractivity contribution in [2.24, 2.45) is 0 Å². The number of hydrogen-bond donors (Lipinski definition) is 3. The summed E-state index contributed by atoms with van der Waals surface area (Å²) in [5.74, 6) is 0.522. The molecule has 3 N–H and O–H groups in total. The van der Waals surface area contributed by atoms with Crippen LogP contribution in [0.3, 0.4) is 0 Å². The van der Waals surface area contributed by atoms with Crippen molar-refractivity contribution in [1.29, 1.82) is 0 Å². The van der Waals surface area contributed by atoms with Crippen LogP contribution in [0.25, 0.3) is 22.4 Å². The first-order chi connectivity index (χ1) is 29.4. The largest absolute Gasteiger partial charge is 0.453 e. The number of aromatic nitrogens is 2. The maximum atomic E-state index is 14.3. The van der Waals surface area contributed by atoms with E-state index < -0.39 is 12.1 Å². The van der Waals surface area contributed by atoms with Crippen molar-refractivity contribution in [1.82, 2.24) is 35.3 Å². The van der Waals surface area contributed by atoms with Gasteiger partial charge in [0.25, 0.3) is 5.91 Å². The number of nitrogens with zero attached hydrogens (tertiary/aromatic N) is 4. The minimum absolute atomic E-state index is 0.0980. The highest BCUT2D eigenvalue weighted by atomic mass is 16.5. The van der Waals surface area contributed by atoms with Gasteiger partial charge in [0.15, 0.2) is 0 Å². The minimum Gasteiger partial charge on any atom is -0.453 e. The highest BCUT2D eigenvalue weighted by Crippen LogP contribution is 2.36. The molecule has 12 nitrogen and oxygen atoms in total. The van der Waals surface area contributed by atoms with Crippen molar-refractivity contribution >= 4 is 23.8 Å². The summed E-state index contributed by atoms with van der Waals surface area (Å²) >= 11 is 0. The first-order valence-corrected chi connectivity index (χ1v) is 21.2. The Morgan fingerprint density at radius 3 is 2.00 bits per heavy atom. The monoisotopic (exact) mass is 807 g/mol. The van der Waals surface area contributed by atoms with Crippen LogP contribution in [0.1, 0.15) is 90.4 Å². The lowest BCUT2D eigenvalue weighted by atomic mass is 10.00. The lowest BCUT2D eigenvalue weighted by Crippen LogP contribution is -2.48. The molecule has 1 aromatic heterocycles. The Morgan fingerprint density at radius 1 is 0.700 bits per heavy atom. The van der Waals surface area contributed by atoms with Gasteiger partial charge in [0.1, 0.15) is 17.9 Å². The number of likely N-dealkylation sites (tertiary alicyclic amines) is 3. The molecule has 0 spiro atoms. The second-order valence-electron chi connectivity index (χ2n) is 16.0. The van der Waals surface area contributed by atoms with E-state index in [-0.39, 0.29) is 35.8 Å². The highest BCUT2D eigenvalue weighted by molar-refractivity contribution is 5.95. The standard InChI is InChI=1S/C48H53N7O5/c1-60-48(59)52-42(36-13-5-2-6-14-36)46(57)54-29-11-17-39(54)31-50-45(56)38-25-21-34(22-26-38)33-19-23-35(24-20-33)40-32-49-44(51-40)41-18-12-30-55(41)47(58)43(37-15-7-3-8-16-37)53-27-9-4-10-28-53/h2-3,5-8,13-16,19-26,32,39,41-43H,4,9-12,17-18,27-31H2,1H3,(H,49,51)(H,50,56)(H,52,59). The number of hydrogen-bond acceptors (Lipinski definition) is 7. The number of alkyl carbamates (subject to hydrolysis) is 1. The third-order valence-corrected chi connectivity index (χ3v) is 12.2. The fourth-order valence-corrected chi connectivity index (χ4v) is 9.03. The van der Waals surface area contributed by atoms with E-state index in [9.17, 15) is 19.2 Å². The molecule has 5 aromatic rings. The Balaban J connectivity index is 0.882. The number of nitrogens with one attached hydrogen (secondary N) is 3. The predicted octanol–water partition coefficient (Wildman–Crippen LogP) is 7.45. The number of carbonyl (C=O) groups is 4. The minimum atomic E-state index is -0.892. The topological polar surface area (TPSA) is 140 Å². The molecule has 3 aliphatic heterocycles. The quantitative estimate of drug-likeness (QED) is 0.119. The molecule has 4 amide bonds. The molecular weight excluding hydrogens is 755 g/mol. The average molecular weight is 808 g/mol. The second-order valence-corrected chi connectivity index (χ2v) is 16.0. The molecule has 4 aromatic carbocycles. The first kappa shape index (κ1) is 40.5. The van der Waals surface area contributed by atoms with Crippen LogP contribution in [0.15, 0.2) is 115 Å². The van der Waals surface area contributed by atoms with Crippen LogP contribution in [-0.2, 0) is 14.3 Å². The SMILES string of the molecule is COC(=O)NC(C(=O)N1CCCC1CNC(=O)c1ccc(-c2ccc(-c3cnc(C4CCCN4C(=O)C(c4ccccc4)N4CCCCC4)[nH]3)cc2)cc1)c1ccccc1. The molecule has 0 aliphatic carbocycles. The van der Waals surface area contributed by atoms with Crippen molar-refractivity contribution in [3.05, 3.63) is 138 Å². The summed E-state index contributed by atoms with van der Waals surface area (Å²) in [6.45, 7) is 3.43. The van der Waals surface area contributed by atoms with Gasteiger partial charge in [-0.2, -0.15) is 0 Å². The number of carbonyl (C=O) groups excluding carboxylic acids is 4. The van der Waals surface area contributed by atoms with Gasteiger partial charge in [-0.25, -0.2) is 9.78 Å². The summed E-state index contributed by atoms with van der Waals surface area (Å²) in [6.07, 6.45) is 7.98. The van der Waals surface area contributed by atoms with E-state index in [1.54, 1.807) is 17.0 Å². The molecule has 8 rings (SSSR count). The van der Waals surface area contributed by atoms with Gasteiger partial charge in [-0.15, -0.1) is 0 Å². The highest BCUT2D eigenvalue weighted by Gasteiger charge is 2.39. The first-order valence-electron chi connectivity index (χ1n) is 21.2. The van der Waals surface area contributed by atoms with Gasteiger partial charge in [0.05, 0.1) is 25.0 Å². The van der Waals surface area contributed by atoms with Gasteiger partial charge in [-0.05, 0) is 91.6 Å². The molecule has 310 valence electrons. The zero-order chi connectivity index (χ0) is 41.4. The Labute approximate surface area is 351 Å². The summed E-state index contributed by atoms with van der Waals surface area (Å²) in [4.78, 5) is 68.0. The number of ether oxygens (including phenoxy) is 1. The number of amides is 4. The number of benzene rings is 4. The van der Waals surface area contributed by atoms with E-state index in [2.05, 4.69) is 56.9 Å². The molecule has 0 radical (unpaired) electrons. The number of methoxy groups -OCH3 is 1. The fourth-order valence-electron chi connectivity index (χ4n) is 9.03. The second kappa shape index (κ2) is 18.8. The smallest absolute Gasteiger partial charge is 0.407 e. The lowest BCUT2D eigenvalue weighted by Gasteiger charge is -2.37. The van der Waals surface area contributed by atoms with Crippen molar-refractivity contribution < 1.29 is 23.9 Å². The van der Waals surface area contributed by atoms with Gasteiger partial charge in [0, 0.05) is 31.2 Å². The van der Waals surface area contributed by atoms with Crippen LogP contribution in [0, 0.1) is 0 Å². The van der Waals surface area contributed by atoms with Crippen molar-refractivity contribution in [3.63, 3.8) is 0 Å². The summed E-state index contributed by atoms with van der Waals surface area (Å²) < 4.78 is 4.79. The normalized spacial score (nSPS) is 19.1. The fraction of sp³-hybridized carbons (Fsp3) is 0.354. The van der Waals surface area contributed by atoms with Crippen LogP contribution in [0.2, 0.25) is 0 Å². The average Bonchev–Trinajstić information content (AvgIpc) is 4.11. The third kappa shape index (κ3) is 8.98. The van der Waals surface area contributed by atoms with Gasteiger partial charge < -0.3 is 30.2 Å². The van der Waals surface area contributed by atoms with Gasteiger partial charge in [-0.3, -0.25) is 19.3 Å². The van der Waals surface area contributed by atoms with Gasteiger partial charge in [-0.1, -0.05) is 103 Å². The maximum Gasteiger partial charge on any atom is 0.407 e. The Kier molecular flexibility index (Phi) is 12.7. The predicted molar refractivity (Wildman–Crippen MR) is 230 cm³/mol. The number of H-pyrrole nitrogens is 1. The van der Waals surface area contributed by atoms with Gasteiger partial charge >= 0.3 is 6.09 Å². The van der Waals surface area contributed by atoms with Crippen LogP contribution in [-0.4, -0.2) is 94.4 Å². The number of piperidine rings is 1. The van der Waals surface area contributed by atoms with E-state index in [0.717, 1.165) is 91.9 Å². The van der Waals surface area contributed by atoms with E-state index in [0.29, 0.717) is 24.2 Å². The number of imidazole rings is 1. The van der Waals surface area contributed by atoms with Gasteiger partial charge in [0.2, 0.25) is 11.8 Å². The summed E-state index contributed by atoms with van der Waals surface area (Å²) in [5, 5.41) is 5.70. The molecule has 0 bridgehead atoms. The molecule has 12 heteroatoms. The Hall–Kier alpha value is -6.27. The van der Waals surface area contributed by atoms with Crippen molar-refractivity contribution in [2.75, 3.05) is 39.8 Å². The van der Waals surface area contributed by atoms with Crippen molar-refractivity contribution in [2.45, 2.75) is 69.1 Å². The van der Waals surface area contributed by atoms with E-state index in [4.69, 9.17) is 9.72 Å². The molecule has 60 heavy (non-hydrogen) atoms. The Bertz CT molecular complexity index is 2240. The molecule has 4 heterocycles. The third-order valence-electron chi connectivity index (χ3n) is 12.2. The maximum absolute atomic E-state index is 14.3. The van der Waals surface area contributed by atoms with Crippen molar-refractivity contribution in [3.8, 4) is 22.4 Å². The summed E-state index contributed by atoms with van der Waals surface area (Å²) in [5.41, 5.74) is 6.12. The lowest BCUT2D eigenvalue weighted by molar-refractivity contribution is -0.139. The summed E-state index contributed by atoms with van der Waals surface area (Å²) in [7, 11) is 1.27. The molecule has 3 aliphatic rings. The van der Waals surface area contributed by atoms with Crippen LogP contribution < -0.4 is 10.6 Å². The zero-order valence-electron chi connectivity index (χ0n) is 34.1. The van der Waals surface area contributed by atoms with E-state index in [1.807, 2.05) is 71.8 Å². The molecular formula is C48H53N7O5. The van der Waals surface area contributed by atoms with E-state index in [1.165, 1.54) is 13.5 Å². The van der Waals surface area contributed by atoms with Crippen LogP contribution >= 0.6 is 0 Å². The number of aromatic amines is 1. The molecule has 4 unspecified atom stereocenters. The molecule has 4 atom stereocenters.